The summed E-state index contributed by atoms with van der Waals surface area (Å²) in [7, 11) is 2.27. The lowest BCUT2D eigenvalue weighted by Crippen LogP contribution is -2.41. The normalized spacial score (nSPS) is 14.3. The number of carbonyl (C=O) groups is 4. The molecule has 0 bridgehead atoms. The van der Waals surface area contributed by atoms with Crippen molar-refractivity contribution < 1.29 is 19.2 Å². The fourth-order valence-electron chi connectivity index (χ4n) is 3.86. The molecule has 0 aliphatic carbocycles. The summed E-state index contributed by atoms with van der Waals surface area (Å²) in [6.07, 6.45) is 0. The Morgan fingerprint density at radius 1 is 0.667 bits per heavy atom. The molecule has 0 unspecified atom stereocenters. The fourth-order valence-corrected chi connectivity index (χ4v) is 3.86. The van der Waals surface area contributed by atoms with Crippen molar-refractivity contribution in [3.05, 3.63) is 56.2 Å². The highest BCUT2D eigenvalue weighted by Gasteiger charge is 2.44. The van der Waals surface area contributed by atoms with Gasteiger partial charge in [0.15, 0.2) is 0 Å². The maximum Gasteiger partial charge on any atom is 0.262 e. The monoisotopic (exact) mass is 394 g/mol. The Balaban J connectivity index is 2.54. The van der Waals surface area contributed by atoms with Crippen molar-refractivity contribution in [2.45, 2.75) is 0 Å². The van der Waals surface area contributed by atoms with E-state index in [1.807, 2.05) is 0 Å². The van der Waals surface area contributed by atoms with Crippen LogP contribution >= 0.6 is 0 Å². The van der Waals surface area contributed by atoms with Gasteiger partial charge in [0.25, 0.3) is 11.8 Å². The van der Waals surface area contributed by atoms with Crippen LogP contribution in [0.1, 0.15) is 52.6 Å². The predicted molar refractivity (Wildman–Crippen MR) is 98.8 cm³/mol. The molecule has 2 heterocycles. The topological polar surface area (TPSA) is 131 Å². The zero-order valence-electron chi connectivity index (χ0n) is 15.3. The van der Waals surface area contributed by atoms with Crippen molar-refractivity contribution in [1.29, 1.82) is 10.5 Å². The number of imide groups is 2. The van der Waals surface area contributed by atoms with E-state index in [4.69, 9.17) is 13.1 Å². The zero-order valence-corrected chi connectivity index (χ0v) is 15.3. The minimum atomic E-state index is -0.914. The van der Waals surface area contributed by atoms with Gasteiger partial charge in [-0.05, 0) is 10.8 Å². The van der Waals surface area contributed by atoms with Gasteiger partial charge in [-0.25, -0.2) is 9.69 Å². The molecule has 0 atom stereocenters. The Morgan fingerprint density at radius 3 is 1.23 bits per heavy atom. The number of nitrogens with zero attached hydrogens (tertiary/aromatic N) is 6. The van der Waals surface area contributed by atoms with Gasteiger partial charge in [0.2, 0.25) is 23.2 Å². The Kier molecular flexibility index (Phi) is 3.49. The van der Waals surface area contributed by atoms with E-state index in [9.17, 15) is 29.7 Å². The fraction of sp³-hybridized carbons (Fsp3) is 0.100. The number of rotatable bonds is 0. The zero-order chi connectivity index (χ0) is 22.1. The number of nitriles is 2. The van der Waals surface area contributed by atoms with E-state index in [0.717, 1.165) is 14.1 Å². The highest BCUT2D eigenvalue weighted by atomic mass is 16.2. The van der Waals surface area contributed by atoms with E-state index < -0.39 is 46.1 Å². The molecule has 0 radical (unpaired) electrons. The van der Waals surface area contributed by atoms with Crippen LogP contribution < -0.4 is 0 Å². The van der Waals surface area contributed by atoms with Gasteiger partial charge in [-0.15, -0.1) is 0 Å². The van der Waals surface area contributed by atoms with E-state index in [-0.39, 0.29) is 33.0 Å². The van der Waals surface area contributed by atoms with Crippen LogP contribution in [0.25, 0.3) is 20.5 Å². The van der Waals surface area contributed by atoms with Crippen LogP contribution in [0.4, 0.5) is 11.4 Å². The molecular formula is C20H6N6O4. The molecule has 4 rings (SSSR count). The third-order valence-electron chi connectivity index (χ3n) is 5.22. The third-order valence-corrected chi connectivity index (χ3v) is 5.22. The standard InChI is InChI=1S/C20H6N6O4/c1-23-15-13-11-9(17(27)25(3)19(13)29)7(5-21)8(6-22)10-12(11)14(16(15)24-2)20(30)26(4)18(10)28/h3-4H3. The molecule has 2 aromatic rings. The lowest BCUT2D eigenvalue weighted by molar-refractivity contribution is 0.0630. The van der Waals surface area contributed by atoms with Gasteiger partial charge in [-0.2, -0.15) is 10.5 Å². The average molecular weight is 394 g/mol. The van der Waals surface area contributed by atoms with Crippen molar-refractivity contribution in [2.75, 3.05) is 14.1 Å². The molecule has 0 N–H and O–H groups in total. The number of amides is 4. The molecule has 4 amide bonds. The van der Waals surface area contributed by atoms with E-state index in [0.29, 0.717) is 9.80 Å². The van der Waals surface area contributed by atoms with Gasteiger partial charge in [0, 0.05) is 25.2 Å². The van der Waals surface area contributed by atoms with Gasteiger partial charge >= 0.3 is 0 Å². The number of hydrogen-bond donors (Lipinski definition) is 0. The lowest BCUT2D eigenvalue weighted by atomic mass is 9.79. The SMILES string of the molecule is [C-]#[N+]c1c([N+]#[C-])c2c3c(c(C#N)c(C#N)c4c3c1C(=O)N(C)C4=O)C(=O)N(C)C2=O. The van der Waals surface area contributed by atoms with E-state index in [2.05, 4.69) is 9.69 Å². The number of carbonyl (C=O) groups excluding carboxylic acids is 4. The lowest BCUT2D eigenvalue weighted by Gasteiger charge is -2.32. The van der Waals surface area contributed by atoms with E-state index >= 15 is 0 Å². The van der Waals surface area contributed by atoms with Crippen molar-refractivity contribution >= 4 is 45.8 Å². The summed E-state index contributed by atoms with van der Waals surface area (Å²) in [6.45, 7) is 15.0. The summed E-state index contributed by atoms with van der Waals surface area (Å²) >= 11 is 0. The second-order valence-electron chi connectivity index (χ2n) is 6.48. The van der Waals surface area contributed by atoms with Crippen LogP contribution in [0.2, 0.25) is 0 Å². The largest absolute Gasteiger partial charge is 0.279 e. The second-order valence-corrected chi connectivity index (χ2v) is 6.48. The van der Waals surface area contributed by atoms with Crippen molar-refractivity contribution in [1.82, 2.24) is 9.80 Å². The smallest absolute Gasteiger partial charge is 0.262 e. The Morgan fingerprint density at radius 2 is 0.967 bits per heavy atom. The summed E-state index contributed by atoms with van der Waals surface area (Å²) < 4.78 is 0. The number of benzene rings is 2. The Hall–Kier alpha value is -5.06. The molecule has 0 aromatic heterocycles. The van der Waals surface area contributed by atoms with Crippen molar-refractivity contribution in [2.24, 2.45) is 0 Å². The van der Waals surface area contributed by atoms with E-state index in [1.165, 1.54) is 0 Å². The Labute approximate surface area is 168 Å². The average Bonchev–Trinajstić information content (AvgIpc) is 2.75. The maximum absolute atomic E-state index is 12.9. The minimum absolute atomic E-state index is 0.225. The van der Waals surface area contributed by atoms with Crippen LogP contribution in [0.3, 0.4) is 0 Å². The highest BCUT2D eigenvalue weighted by molar-refractivity contribution is 6.38. The third kappa shape index (κ3) is 1.77. The summed E-state index contributed by atoms with van der Waals surface area (Å²) in [5.41, 5.74) is -3.16. The minimum Gasteiger partial charge on any atom is -0.279 e. The van der Waals surface area contributed by atoms with Crippen molar-refractivity contribution in [3.63, 3.8) is 0 Å². The van der Waals surface area contributed by atoms with Crippen LogP contribution in [-0.4, -0.2) is 47.5 Å². The molecule has 10 heteroatoms. The highest BCUT2D eigenvalue weighted by Crippen LogP contribution is 2.50. The first-order chi connectivity index (χ1) is 14.3. The summed E-state index contributed by atoms with van der Waals surface area (Å²) in [5.74, 6) is -3.65. The molecule has 0 saturated carbocycles. The van der Waals surface area contributed by atoms with Gasteiger partial charge < -0.3 is 0 Å². The van der Waals surface area contributed by atoms with Crippen LogP contribution in [-0.2, 0) is 0 Å². The van der Waals surface area contributed by atoms with Crippen LogP contribution in [0.5, 0.6) is 0 Å². The summed E-state index contributed by atoms with van der Waals surface area (Å²) in [4.78, 5) is 59.5. The van der Waals surface area contributed by atoms with Gasteiger partial charge in [-0.3, -0.25) is 29.0 Å². The molecule has 2 aromatic carbocycles. The molecule has 2 aliphatic rings. The number of hydrogen-bond acceptors (Lipinski definition) is 6. The molecule has 0 saturated heterocycles. The first kappa shape index (κ1) is 18.3. The first-order valence-electron chi connectivity index (χ1n) is 8.20. The molecule has 0 fully saturated rings. The Bertz CT molecular complexity index is 1270. The molecule has 30 heavy (non-hydrogen) atoms. The molecular weight excluding hydrogens is 388 g/mol. The summed E-state index contributed by atoms with van der Waals surface area (Å²) in [6, 6.07) is 3.48. The van der Waals surface area contributed by atoms with Gasteiger partial charge in [-0.1, -0.05) is 0 Å². The van der Waals surface area contributed by atoms with Crippen LogP contribution in [0.15, 0.2) is 0 Å². The quantitative estimate of drug-likeness (QED) is 0.497. The molecule has 2 aliphatic heterocycles. The van der Waals surface area contributed by atoms with E-state index in [1.54, 1.807) is 12.1 Å². The van der Waals surface area contributed by atoms with Gasteiger partial charge in [0.1, 0.15) is 12.1 Å². The van der Waals surface area contributed by atoms with Crippen molar-refractivity contribution in [3.8, 4) is 12.1 Å². The predicted octanol–water partition coefficient (Wildman–Crippen LogP) is 2.14. The molecule has 140 valence electrons. The van der Waals surface area contributed by atoms with Crippen LogP contribution in [0, 0.1) is 35.8 Å². The molecule has 10 nitrogen and oxygen atoms in total. The van der Waals surface area contributed by atoms with Gasteiger partial charge in [0.05, 0.1) is 35.4 Å². The molecule has 0 spiro atoms. The summed E-state index contributed by atoms with van der Waals surface area (Å²) in [5, 5.41) is 18.9. The first-order valence-corrected chi connectivity index (χ1v) is 8.20. The maximum atomic E-state index is 12.9. The second kappa shape index (κ2) is 5.72.